The van der Waals surface area contributed by atoms with Gasteiger partial charge in [-0.2, -0.15) is 0 Å². The highest BCUT2D eigenvalue weighted by Crippen LogP contribution is 2.50. The summed E-state index contributed by atoms with van der Waals surface area (Å²) in [4.78, 5) is 11.7. The number of rotatable bonds is 1. The SMILES string of the molecule is COC(=O)C12CCC(CC1)C(C)(C)O2. The van der Waals surface area contributed by atoms with Crippen molar-refractivity contribution in [1.82, 2.24) is 0 Å². The Bertz CT molecular complexity index is 249. The highest BCUT2D eigenvalue weighted by atomic mass is 16.6. The molecule has 0 amide bonds. The molecule has 14 heavy (non-hydrogen) atoms. The van der Waals surface area contributed by atoms with E-state index in [4.69, 9.17) is 9.47 Å². The van der Waals surface area contributed by atoms with E-state index in [0.717, 1.165) is 25.7 Å². The molecular weight excluding hydrogens is 180 g/mol. The average molecular weight is 198 g/mol. The zero-order valence-corrected chi connectivity index (χ0v) is 9.13. The van der Waals surface area contributed by atoms with E-state index in [-0.39, 0.29) is 11.6 Å². The first-order valence-electron chi connectivity index (χ1n) is 5.29. The molecule has 0 aromatic heterocycles. The van der Waals surface area contributed by atoms with Crippen molar-refractivity contribution < 1.29 is 14.3 Å². The lowest BCUT2D eigenvalue weighted by atomic mass is 9.68. The van der Waals surface area contributed by atoms with E-state index in [1.165, 1.54) is 7.11 Å². The van der Waals surface area contributed by atoms with Gasteiger partial charge in [0, 0.05) is 0 Å². The van der Waals surface area contributed by atoms with Gasteiger partial charge < -0.3 is 9.47 Å². The summed E-state index contributed by atoms with van der Waals surface area (Å²) in [5.74, 6) is 0.415. The lowest BCUT2D eigenvalue weighted by Crippen LogP contribution is -2.59. The van der Waals surface area contributed by atoms with Crippen LogP contribution >= 0.6 is 0 Å². The van der Waals surface area contributed by atoms with Gasteiger partial charge in [0.25, 0.3) is 0 Å². The fourth-order valence-electron chi connectivity index (χ4n) is 2.90. The van der Waals surface area contributed by atoms with Crippen LogP contribution in [0.3, 0.4) is 0 Å². The minimum absolute atomic E-state index is 0.162. The van der Waals surface area contributed by atoms with Gasteiger partial charge in [-0.15, -0.1) is 0 Å². The standard InChI is InChI=1S/C11H18O3/c1-10(2)8-4-6-11(14-10,7-5-8)9(12)13-3/h8H,4-7H2,1-3H3. The Balaban J connectivity index is 2.25. The molecule has 0 unspecified atom stereocenters. The van der Waals surface area contributed by atoms with Gasteiger partial charge in [-0.3, -0.25) is 0 Å². The Morgan fingerprint density at radius 3 is 2.36 bits per heavy atom. The molecule has 2 aliphatic heterocycles. The molecule has 3 aliphatic rings. The van der Waals surface area contributed by atoms with Crippen LogP contribution in [0.4, 0.5) is 0 Å². The minimum Gasteiger partial charge on any atom is -0.467 e. The first-order chi connectivity index (χ1) is 6.50. The molecule has 0 spiro atoms. The van der Waals surface area contributed by atoms with E-state index in [1.807, 2.05) is 0 Å². The predicted octanol–water partition coefficient (Wildman–Crippen LogP) is 1.90. The molecule has 3 heteroatoms. The lowest BCUT2D eigenvalue weighted by molar-refractivity contribution is -0.244. The zero-order valence-electron chi connectivity index (χ0n) is 9.13. The van der Waals surface area contributed by atoms with Gasteiger partial charge in [0.2, 0.25) is 0 Å². The number of carbonyl (C=O) groups excluding carboxylic acids is 1. The van der Waals surface area contributed by atoms with Crippen LogP contribution in [0.2, 0.25) is 0 Å². The molecule has 2 bridgehead atoms. The number of hydrogen-bond acceptors (Lipinski definition) is 3. The highest BCUT2D eigenvalue weighted by Gasteiger charge is 2.55. The van der Waals surface area contributed by atoms with Crippen molar-refractivity contribution in [2.45, 2.75) is 50.7 Å². The summed E-state index contributed by atoms with van der Waals surface area (Å²) in [6, 6.07) is 0. The lowest BCUT2D eigenvalue weighted by Gasteiger charge is -2.53. The molecule has 0 radical (unpaired) electrons. The topological polar surface area (TPSA) is 35.5 Å². The van der Waals surface area contributed by atoms with Crippen LogP contribution in [0.1, 0.15) is 39.5 Å². The molecule has 3 fully saturated rings. The predicted molar refractivity (Wildman–Crippen MR) is 51.9 cm³/mol. The maximum Gasteiger partial charge on any atom is 0.338 e. The third-order valence-electron chi connectivity index (χ3n) is 3.79. The summed E-state index contributed by atoms with van der Waals surface area (Å²) < 4.78 is 10.8. The second-order valence-electron chi connectivity index (χ2n) is 4.97. The van der Waals surface area contributed by atoms with Gasteiger partial charge in [-0.25, -0.2) is 4.79 Å². The molecule has 0 atom stereocenters. The number of ether oxygens (including phenoxy) is 2. The van der Waals surface area contributed by atoms with Crippen LogP contribution in [-0.2, 0) is 14.3 Å². The fourth-order valence-corrected chi connectivity index (χ4v) is 2.90. The molecule has 3 rings (SSSR count). The Morgan fingerprint density at radius 2 is 1.93 bits per heavy atom. The maximum atomic E-state index is 11.7. The van der Waals surface area contributed by atoms with Crippen LogP contribution in [0.25, 0.3) is 0 Å². The molecule has 1 aliphatic carbocycles. The van der Waals surface area contributed by atoms with Gasteiger partial charge in [0.05, 0.1) is 12.7 Å². The molecule has 0 N–H and O–H groups in total. The highest BCUT2D eigenvalue weighted by molar-refractivity contribution is 5.80. The van der Waals surface area contributed by atoms with E-state index < -0.39 is 5.60 Å². The minimum atomic E-state index is -0.632. The van der Waals surface area contributed by atoms with Gasteiger partial charge in [0.1, 0.15) is 0 Å². The average Bonchev–Trinajstić information content (AvgIpc) is 2.16. The summed E-state index contributed by atoms with van der Waals surface area (Å²) in [7, 11) is 1.44. The van der Waals surface area contributed by atoms with E-state index >= 15 is 0 Å². The van der Waals surface area contributed by atoms with E-state index in [1.54, 1.807) is 0 Å². The molecule has 1 saturated carbocycles. The Hall–Kier alpha value is -0.570. The Labute approximate surface area is 84.8 Å². The second kappa shape index (κ2) is 2.96. The monoisotopic (exact) mass is 198 g/mol. The van der Waals surface area contributed by atoms with Crippen molar-refractivity contribution in [3.05, 3.63) is 0 Å². The summed E-state index contributed by atoms with van der Waals surface area (Å²) >= 11 is 0. The second-order valence-corrected chi connectivity index (χ2v) is 4.97. The van der Waals surface area contributed by atoms with Crippen molar-refractivity contribution >= 4 is 5.97 Å². The third-order valence-corrected chi connectivity index (χ3v) is 3.79. The van der Waals surface area contributed by atoms with Gasteiger partial charge in [0.15, 0.2) is 5.60 Å². The first-order valence-corrected chi connectivity index (χ1v) is 5.29. The number of carbonyl (C=O) groups is 1. The van der Waals surface area contributed by atoms with E-state index in [9.17, 15) is 4.79 Å². The number of hydrogen-bond donors (Lipinski definition) is 0. The van der Waals surface area contributed by atoms with Crippen molar-refractivity contribution in [2.24, 2.45) is 5.92 Å². The molecule has 2 heterocycles. The quantitative estimate of drug-likeness (QED) is 0.604. The van der Waals surface area contributed by atoms with Crippen LogP contribution in [-0.4, -0.2) is 24.3 Å². The van der Waals surface area contributed by atoms with E-state index in [0.29, 0.717) is 5.92 Å². The van der Waals surface area contributed by atoms with Crippen molar-refractivity contribution in [3.8, 4) is 0 Å². The summed E-state index contributed by atoms with van der Waals surface area (Å²) in [6.07, 6.45) is 3.83. The Morgan fingerprint density at radius 1 is 1.36 bits per heavy atom. The van der Waals surface area contributed by atoms with Gasteiger partial charge >= 0.3 is 5.97 Å². The molecule has 0 aromatic carbocycles. The number of methoxy groups -OCH3 is 1. The molecule has 0 aromatic rings. The normalized spacial score (nSPS) is 39.5. The van der Waals surface area contributed by atoms with Gasteiger partial charge in [-0.05, 0) is 45.4 Å². The van der Waals surface area contributed by atoms with Crippen LogP contribution in [0.15, 0.2) is 0 Å². The molecule has 3 nitrogen and oxygen atoms in total. The third kappa shape index (κ3) is 1.26. The smallest absolute Gasteiger partial charge is 0.338 e. The van der Waals surface area contributed by atoms with Crippen molar-refractivity contribution in [1.29, 1.82) is 0 Å². The zero-order chi connectivity index (χ0) is 10.4. The van der Waals surface area contributed by atoms with Crippen LogP contribution in [0.5, 0.6) is 0 Å². The first kappa shape index (κ1) is 9.97. The van der Waals surface area contributed by atoms with Crippen molar-refractivity contribution in [3.63, 3.8) is 0 Å². The Kier molecular flexibility index (Phi) is 2.11. The summed E-state index contributed by atoms with van der Waals surface area (Å²) in [5, 5.41) is 0. The molecular formula is C11H18O3. The number of esters is 1. The number of fused-ring (bicyclic) bond motifs is 3. The van der Waals surface area contributed by atoms with Crippen LogP contribution < -0.4 is 0 Å². The van der Waals surface area contributed by atoms with E-state index in [2.05, 4.69) is 13.8 Å². The summed E-state index contributed by atoms with van der Waals surface area (Å²) in [6.45, 7) is 4.15. The van der Waals surface area contributed by atoms with Crippen molar-refractivity contribution in [2.75, 3.05) is 7.11 Å². The fraction of sp³-hybridized carbons (Fsp3) is 0.909. The summed E-state index contributed by atoms with van der Waals surface area (Å²) in [5.41, 5.74) is -0.794. The van der Waals surface area contributed by atoms with Crippen LogP contribution in [0, 0.1) is 5.92 Å². The van der Waals surface area contributed by atoms with Gasteiger partial charge in [-0.1, -0.05) is 0 Å². The molecule has 80 valence electrons. The maximum absolute atomic E-state index is 11.7. The molecule has 2 saturated heterocycles. The largest absolute Gasteiger partial charge is 0.467 e.